The predicted molar refractivity (Wildman–Crippen MR) is 170 cm³/mol. The first-order chi connectivity index (χ1) is 21.8. The van der Waals surface area contributed by atoms with Crippen LogP contribution in [0.3, 0.4) is 0 Å². The maximum atomic E-state index is 11.9. The van der Waals surface area contributed by atoms with Gasteiger partial charge >= 0.3 is 27.7 Å². The Hall–Kier alpha value is -4.38. The van der Waals surface area contributed by atoms with E-state index >= 15 is 0 Å². The zero-order chi connectivity index (χ0) is 33.3. The summed E-state index contributed by atoms with van der Waals surface area (Å²) in [6, 6.07) is 45.0. The molecule has 236 valence electrons. The second-order valence-electron chi connectivity index (χ2n) is 10.2. The van der Waals surface area contributed by atoms with E-state index in [9.17, 15) is 34.8 Å². The molecular weight excluding hydrogens is 650 g/mol. The highest BCUT2D eigenvalue weighted by Crippen LogP contribution is 2.47. The molecule has 46 heavy (non-hydrogen) atoms. The number of hydrogen-bond donors (Lipinski definition) is 1. The van der Waals surface area contributed by atoms with Crippen molar-refractivity contribution in [2.24, 2.45) is 0 Å². The Bertz CT molecular complexity index is 2110. The van der Waals surface area contributed by atoms with E-state index in [-0.39, 0.29) is 0 Å². The highest BCUT2D eigenvalue weighted by molar-refractivity contribution is 7.87. The highest BCUT2D eigenvalue weighted by Gasteiger charge is 2.70. The molecule has 0 spiro atoms. The lowest BCUT2D eigenvalue weighted by Crippen LogP contribution is -2.51. The Balaban J connectivity index is 0.000000274. The Morgan fingerprint density at radius 2 is 1.02 bits per heavy atom. The monoisotopic (exact) mass is 672 g/mol. The third-order valence-corrected chi connectivity index (χ3v) is 8.49. The minimum absolute atomic E-state index is 0.748. The fourth-order valence-corrected chi connectivity index (χ4v) is 5.78. The van der Waals surface area contributed by atoms with Crippen LogP contribution < -0.4 is 0 Å². The topological polar surface area (TPSA) is 54.4 Å². The van der Waals surface area contributed by atoms with Gasteiger partial charge in [0.25, 0.3) is 0 Å². The first-order valence-electron chi connectivity index (χ1n) is 13.6. The molecule has 0 aliphatic rings. The second-order valence-corrected chi connectivity index (χ2v) is 12.1. The zero-order valence-electron chi connectivity index (χ0n) is 23.5. The molecule has 3 nitrogen and oxygen atoms in total. The van der Waals surface area contributed by atoms with Crippen LogP contribution in [0.5, 0.6) is 0 Å². The molecule has 0 aliphatic carbocycles. The smallest absolute Gasteiger partial charge is 0.281 e. The SMILES string of the molecule is Clc1ccc(-c2cccc3c(-c4ccccc4)c4ccccc4c(-c4ccccc4)c23)cc1.O=S(=O)(O)C(F)(F)C(F)(F)C(F)F. The molecule has 0 aromatic heterocycles. The van der Waals surface area contributed by atoms with Crippen molar-refractivity contribution >= 4 is 43.3 Å². The molecule has 6 rings (SSSR count). The van der Waals surface area contributed by atoms with E-state index in [0.29, 0.717) is 0 Å². The van der Waals surface area contributed by atoms with Gasteiger partial charge in [-0.15, -0.1) is 0 Å². The second kappa shape index (κ2) is 12.8. The number of rotatable bonds is 6. The number of benzene rings is 6. The van der Waals surface area contributed by atoms with Gasteiger partial charge in [-0.1, -0.05) is 127 Å². The van der Waals surface area contributed by atoms with Crippen molar-refractivity contribution < 1.29 is 39.3 Å². The van der Waals surface area contributed by atoms with Gasteiger partial charge in [0, 0.05) is 5.02 Å². The van der Waals surface area contributed by atoms with Gasteiger partial charge in [0.15, 0.2) is 0 Å². The van der Waals surface area contributed by atoms with Crippen LogP contribution in [0, 0.1) is 0 Å². The van der Waals surface area contributed by atoms with E-state index < -0.39 is 27.7 Å². The van der Waals surface area contributed by atoms with Crippen molar-refractivity contribution in [3.05, 3.63) is 132 Å². The van der Waals surface area contributed by atoms with Crippen molar-refractivity contribution in [2.75, 3.05) is 0 Å². The maximum absolute atomic E-state index is 11.9. The lowest BCUT2D eigenvalue weighted by atomic mass is 9.83. The summed E-state index contributed by atoms with van der Waals surface area (Å²) >= 11 is 6.23. The fourth-order valence-electron chi connectivity index (χ4n) is 5.22. The summed E-state index contributed by atoms with van der Waals surface area (Å²) < 4.78 is 96.5. The van der Waals surface area contributed by atoms with Gasteiger partial charge in [-0.2, -0.15) is 26.0 Å². The first kappa shape index (κ1) is 33.0. The number of alkyl halides is 6. The van der Waals surface area contributed by atoms with E-state index in [1.54, 1.807) is 0 Å². The lowest BCUT2D eigenvalue weighted by Gasteiger charge is -2.22. The van der Waals surface area contributed by atoms with Gasteiger partial charge in [-0.3, -0.25) is 4.55 Å². The Morgan fingerprint density at radius 3 is 1.50 bits per heavy atom. The largest absolute Gasteiger partial charge is 0.437 e. The molecule has 0 atom stereocenters. The third-order valence-electron chi connectivity index (χ3n) is 7.32. The average molecular weight is 673 g/mol. The van der Waals surface area contributed by atoms with E-state index in [1.165, 1.54) is 49.4 Å². The van der Waals surface area contributed by atoms with Crippen LogP contribution in [0.2, 0.25) is 5.02 Å². The number of fused-ring (bicyclic) bond motifs is 2. The summed E-state index contributed by atoms with van der Waals surface area (Å²) in [6.07, 6.45) is -4.90. The van der Waals surface area contributed by atoms with Gasteiger partial charge in [0.2, 0.25) is 0 Å². The van der Waals surface area contributed by atoms with Gasteiger partial charge in [0.05, 0.1) is 0 Å². The molecule has 6 aromatic rings. The molecule has 11 heteroatoms. The summed E-state index contributed by atoms with van der Waals surface area (Å²) in [5.41, 5.74) is 7.37. The normalized spacial score (nSPS) is 12.3. The molecule has 0 radical (unpaired) electrons. The molecule has 0 saturated carbocycles. The van der Waals surface area contributed by atoms with Crippen molar-refractivity contribution in [1.29, 1.82) is 0 Å². The molecule has 0 unspecified atom stereocenters. The minimum atomic E-state index is -6.57. The predicted octanol–water partition coefficient (Wildman–Crippen LogP) is 11.0. The van der Waals surface area contributed by atoms with Crippen LogP contribution in [0.15, 0.2) is 127 Å². The molecular formula is C35H23ClF6O3S. The van der Waals surface area contributed by atoms with E-state index in [2.05, 4.69) is 115 Å². The molecule has 0 amide bonds. The summed E-state index contributed by atoms with van der Waals surface area (Å²) in [5, 5.41) is -0.402. The third kappa shape index (κ3) is 6.08. The molecule has 0 aliphatic heterocycles. The number of halogens is 7. The van der Waals surface area contributed by atoms with Gasteiger partial charge in [-0.05, 0) is 67.1 Å². The van der Waals surface area contributed by atoms with Crippen LogP contribution in [0.4, 0.5) is 26.3 Å². The molecule has 0 saturated heterocycles. The van der Waals surface area contributed by atoms with E-state index in [0.717, 1.165) is 10.6 Å². The van der Waals surface area contributed by atoms with Gasteiger partial charge in [0.1, 0.15) is 0 Å². The molecule has 0 fully saturated rings. The summed E-state index contributed by atoms with van der Waals surface area (Å²) in [7, 11) is -6.57. The van der Waals surface area contributed by atoms with E-state index in [1.807, 2.05) is 12.1 Å². The van der Waals surface area contributed by atoms with E-state index in [4.69, 9.17) is 16.2 Å². The fraction of sp³-hybridized carbons (Fsp3) is 0.0857. The van der Waals surface area contributed by atoms with Crippen LogP contribution in [-0.2, 0) is 10.1 Å². The van der Waals surface area contributed by atoms with Crippen LogP contribution in [0.1, 0.15) is 0 Å². The summed E-state index contributed by atoms with van der Waals surface area (Å²) in [5.74, 6) is -6.12. The molecule has 6 aromatic carbocycles. The quantitative estimate of drug-likeness (QED) is 0.109. The van der Waals surface area contributed by atoms with Crippen molar-refractivity contribution in [1.82, 2.24) is 0 Å². The maximum Gasteiger partial charge on any atom is 0.437 e. The van der Waals surface area contributed by atoms with Crippen molar-refractivity contribution in [3.63, 3.8) is 0 Å². The Labute approximate surface area is 265 Å². The van der Waals surface area contributed by atoms with Gasteiger partial charge < -0.3 is 0 Å². The summed E-state index contributed by atoms with van der Waals surface area (Å²) in [4.78, 5) is 0. The molecule has 0 bridgehead atoms. The Morgan fingerprint density at radius 1 is 0.565 bits per heavy atom. The first-order valence-corrected chi connectivity index (χ1v) is 15.4. The van der Waals surface area contributed by atoms with Crippen LogP contribution in [-0.4, -0.2) is 30.6 Å². The number of hydrogen-bond acceptors (Lipinski definition) is 2. The van der Waals surface area contributed by atoms with Gasteiger partial charge in [-0.25, -0.2) is 8.78 Å². The van der Waals surface area contributed by atoms with Crippen LogP contribution in [0.25, 0.3) is 54.9 Å². The van der Waals surface area contributed by atoms with Crippen LogP contribution >= 0.6 is 11.6 Å². The molecule has 0 heterocycles. The minimum Gasteiger partial charge on any atom is -0.281 e. The average Bonchev–Trinajstić information content (AvgIpc) is 3.04. The standard InChI is InChI=1S/C32H21Cl.C3H2F6O3S/c33-25-20-18-22(19-21-25)26-16-9-17-29-30(23-10-3-1-4-11-23)27-14-7-8-15-28(27)31(32(26)29)24-12-5-2-6-13-24;4-1(5)2(6,7)3(8,9)13(10,11)12/h1-21H;1H,(H,10,11,12). The zero-order valence-corrected chi connectivity index (χ0v) is 25.1. The molecule has 1 N–H and O–H groups in total. The highest BCUT2D eigenvalue weighted by atomic mass is 35.5. The summed E-state index contributed by atoms with van der Waals surface area (Å²) in [6.45, 7) is 0. The Kier molecular flexibility index (Phi) is 9.17. The lowest BCUT2D eigenvalue weighted by molar-refractivity contribution is -0.227. The van der Waals surface area contributed by atoms with Crippen molar-refractivity contribution in [2.45, 2.75) is 17.6 Å². The van der Waals surface area contributed by atoms with Crippen molar-refractivity contribution in [3.8, 4) is 33.4 Å².